The number of urea groups is 1. The second-order valence-electron chi connectivity index (χ2n) is 4.84. The van der Waals surface area contributed by atoms with E-state index in [0.717, 1.165) is 6.42 Å². The fraction of sp³-hybridized carbons (Fsp3) is 0.267. The van der Waals surface area contributed by atoms with Gasteiger partial charge in [0, 0.05) is 33.6 Å². The molecule has 106 valence electrons. The van der Waals surface area contributed by atoms with Gasteiger partial charge < -0.3 is 16.4 Å². The number of aryl methyl sites for hydroxylation is 1. The molecule has 0 aliphatic carbocycles. The normalized spacial score (nSPS) is 11.9. The first-order valence-corrected chi connectivity index (χ1v) is 7.33. The minimum absolute atomic E-state index is 0.0779. The van der Waals surface area contributed by atoms with Crippen molar-refractivity contribution in [1.29, 1.82) is 0 Å². The minimum atomic E-state index is -0.212. The SMILES string of the molecule is Cc1ccc(CC(C)NC(=O)Nc2cccc(N)c2)s1. The van der Waals surface area contributed by atoms with Crippen LogP contribution in [0.2, 0.25) is 0 Å². The van der Waals surface area contributed by atoms with Crippen molar-refractivity contribution in [2.75, 3.05) is 11.1 Å². The monoisotopic (exact) mass is 289 g/mol. The molecule has 1 heterocycles. The molecule has 0 radical (unpaired) electrons. The fourth-order valence-electron chi connectivity index (χ4n) is 1.96. The summed E-state index contributed by atoms with van der Waals surface area (Å²) in [6.07, 6.45) is 0.836. The molecule has 4 nitrogen and oxygen atoms in total. The number of carbonyl (C=O) groups is 1. The molecule has 0 bridgehead atoms. The summed E-state index contributed by atoms with van der Waals surface area (Å²) < 4.78 is 0. The predicted molar refractivity (Wildman–Crippen MR) is 85.2 cm³/mol. The molecule has 0 aliphatic heterocycles. The van der Waals surface area contributed by atoms with Crippen LogP contribution in [0.4, 0.5) is 16.2 Å². The Morgan fingerprint density at radius 1 is 1.35 bits per heavy atom. The van der Waals surface area contributed by atoms with E-state index in [1.807, 2.05) is 19.1 Å². The molecule has 1 unspecified atom stereocenters. The maximum absolute atomic E-state index is 11.9. The van der Waals surface area contributed by atoms with Gasteiger partial charge in [0.15, 0.2) is 0 Å². The van der Waals surface area contributed by atoms with Crippen LogP contribution in [0, 0.1) is 6.92 Å². The van der Waals surface area contributed by atoms with Crippen LogP contribution in [0.3, 0.4) is 0 Å². The van der Waals surface area contributed by atoms with Gasteiger partial charge in [0.25, 0.3) is 0 Å². The number of amides is 2. The number of carbonyl (C=O) groups excluding carboxylic acids is 1. The topological polar surface area (TPSA) is 67.2 Å². The molecule has 2 aromatic rings. The molecule has 0 spiro atoms. The van der Waals surface area contributed by atoms with E-state index in [9.17, 15) is 4.79 Å². The van der Waals surface area contributed by atoms with Crippen LogP contribution < -0.4 is 16.4 Å². The molecule has 20 heavy (non-hydrogen) atoms. The van der Waals surface area contributed by atoms with E-state index >= 15 is 0 Å². The third-order valence-electron chi connectivity index (χ3n) is 2.83. The van der Waals surface area contributed by atoms with E-state index in [1.54, 1.807) is 23.5 Å². The van der Waals surface area contributed by atoms with Gasteiger partial charge in [0.1, 0.15) is 0 Å². The number of anilines is 2. The number of benzene rings is 1. The highest BCUT2D eigenvalue weighted by molar-refractivity contribution is 7.11. The summed E-state index contributed by atoms with van der Waals surface area (Å²) in [5, 5.41) is 5.70. The fourth-order valence-corrected chi connectivity index (χ4v) is 2.97. The average Bonchev–Trinajstić information content (AvgIpc) is 2.74. The summed E-state index contributed by atoms with van der Waals surface area (Å²) >= 11 is 1.76. The number of hydrogen-bond acceptors (Lipinski definition) is 3. The van der Waals surface area contributed by atoms with Crippen LogP contribution in [-0.4, -0.2) is 12.1 Å². The van der Waals surface area contributed by atoms with Crippen LogP contribution >= 0.6 is 11.3 Å². The van der Waals surface area contributed by atoms with Gasteiger partial charge in [-0.2, -0.15) is 0 Å². The van der Waals surface area contributed by atoms with Gasteiger partial charge >= 0.3 is 6.03 Å². The van der Waals surface area contributed by atoms with Crippen molar-refractivity contribution in [3.05, 3.63) is 46.2 Å². The smallest absolute Gasteiger partial charge is 0.319 e. The van der Waals surface area contributed by atoms with Gasteiger partial charge in [-0.1, -0.05) is 6.07 Å². The number of nitrogens with two attached hydrogens (primary N) is 1. The number of nitrogen functional groups attached to an aromatic ring is 1. The van der Waals surface area contributed by atoms with Gasteiger partial charge in [-0.05, 0) is 44.2 Å². The van der Waals surface area contributed by atoms with E-state index in [2.05, 4.69) is 29.7 Å². The average molecular weight is 289 g/mol. The molecule has 2 rings (SSSR count). The summed E-state index contributed by atoms with van der Waals surface area (Å²) in [5.74, 6) is 0. The molecule has 1 atom stereocenters. The largest absolute Gasteiger partial charge is 0.399 e. The van der Waals surface area contributed by atoms with E-state index in [1.165, 1.54) is 9.75 Å². The molecular weight excluding hydrogens is 270 g/mol. The van der Waals surface area contributed by atoms with Crippen LogP contribution in [0.5, 0.6) is 0 Å². The second kappa shape index (κ2) is 6.43. The first-order valence-electron chi connectivity index (χ1n) is 6.51. The van der Waals surface area contributed by atoms with Crippen LogP contribution in [0.15, 0.2) is 36.4 Å². The standard InChI is InChI=1S/C15H19N3OS/c1-10(8-14-7-6-11(2)20-14)17-15(19)18-13-5-3-4-12(16)9-13/h3-7,9-10H,8,16H2,1-2H3,(H2,17,18,19). The molecule has 0 aliphatic rings. The van der Waals surface area contributed by atoms with Crippen molar-refractivity contribution in [3.63, 3.8) is 0 Å². The predicted octanol–water partition coefficient (Wildman–Crippen LogP) is 3.39. The Morgan fingerprint density at radius 3 is 2.80 bits per heavy atom. The lowest BCUT2D eigenvalue weighted by atomic mass is 10.2. The van der Waals surface area contributed by atoms with Crippen molar-refractivity contribution in [2.45, 2.75) is 26.3 Å². The zero-order valence-electron chi connectivity index (χ0n) is 11.6. The summed E-state index contributed by atoms with van der Waals surface area (Å²) in [4.78, 5) is 14.4. The molecule has 1 aromatic heterocycles. The molecule has 2 amide bonds. The molecular formula is C15H19N3OS. The van der Waals surface area contributed by atoms with Crippen LogP contribution in [0.25, 0.3) is 0 Å². The Labute approximate surface area is 123 Å². The molecule has 5 heteroatoms. The Bertz CT molecular complexity index is 594. The number of thiophene rings is 1. The summed E-state index contributed by atoms with van der Waals surface area (Å²) in [5.41, 5.74) is 7.00. The Morgan fingerprint density at radius 2 is 2.15 bits per heavy atom. The van der Waals surface area contributed by atoms with Crippen LogP contribution in [-0.2, 0) is 6.42 Å². The third-order valence-corrected chi connectivity index (χ3v) is 3.85. The zero-order chi connectivity index (χ0) is 14.5. The van der Waals surface area contributed by atoms with E-state index in [0.29, 0.717) is 11.4 Å². The minimum Gasteiger partial charge on any atom is -0.399 e. The van der Waals surface area contributed by atoms with Crippen molar-refractivity contribution >= 4 is 28.7 Å². The van der Waals surface area contributed by atoms with Gasteiger partial charge in [-0.15, -0.1) is 11.3 Å². The second-order valence-corrected chi connectivity index (χ2v) is 6.21. The number of rotatable bonds is 4. The highest BCUT2D eigenvalue weighted by atomic mass is 32.1. The first-order chi connectivity index (χ1) is 9.52. The zero-order valence-corrected chi connectivity index (χ0v) is 12.5. The van der Waals surface area contributed by atoms with E-state index in [-0.39, 0.29) is 12.1 Å². The van der Waals surface area contributed by atoms with E-state index < -0.39 is 0 Å². The lowest BCUT2D eigenvalue weighted by Gasteiger charge is -2.14. The van der Waals surface area contributed by atoms with Crippen molar-refractivity contribution in [3.8, 4) is 0 Å². The summed E-state index contributed by atoms with van der Waals surface area (Å²) in [6.45, 7) is 4.08. The van der Waals surface area contributed by atoms with Gasteiger partial charge in [-0.25, -0.2) is 4.79 Å². The molecule has 0 fully saturated rings. The molecule has 0 saturated heterocycles. The lowest BCUT2D eigenvalue weighted by Crippen LogP contribution is -2.37. The number of hydrogen-bond donors (Lipinski definition) is 3. The van der Waals surface area contributed by atoms with Crippen LogP contribution in [0.1, 0.15) is 16.7 Å². The number of nitrogens with one attached hydrogen (secondary N) is 2. The Hall–Kier alpha value is -2.01. The maximum atomic E-state index is 11.9. The Balaban J connectivity index is 1.84. The highest BCUT2D eigenvalue weighted by Crippen LogP contribution is 2.17. The maximum Gasteiger partial charge on any atom is 0.319 e. The van der Waals surface area contributed by atoms with Crippen molar-refractivity contribution in [1.82, 2.24) is 5.32 Å². The van der Waals surface area contributed by atoms with Gasteiger partial charge in [0.05, 0.1) is 0 Å². The van der Waals surface area contributed by atoms with Crippen molar-refractivity contribution in [2.24, 2.45) is 0 Å². The van der Waals surface area contributed by atoms with Crippen molar-refractivity contribution < 1.29 is 4.79 Å². The lowest BCUT2D eigenvalue weighted by molar-refractivity contribution is 0.249. The highest BCUT2D eigenvalue weighted by Gasteiger charge is 2.09. The quantitative estimate of drug-likeness (QED) is 0.755. The Kier molecular flexibility index (Phi) is 4.63. The summed E-state index contributed by atoms with van der Waals surface area (Å²) in [6, 6.07) is 11.2. The summed E-state index contributed by atoms with van der Waals surface area (Å²) in [7, 11) is 0. The third kappa shape index (κ3) is 4.28. The molecule has 4 N–H and O–H groups in total. The molecule has 1 aromatic carbocycles. The molecule has 0 saturated carbocycles. The first kappa shape index (κ1) is 14.4. The van der Waals surface area contributed by atoms with Gasteiger partial charge in [0.2, 0.25) is 0 Å². The van der Waals surface area contributed by atoms with E-state index in [4.69, 9.17) is 5.73 Å². The van der Waals surface area contributed by atoms with Gasteiger partial charge in [-0.3, -0.25) is 0 Å².